The van der Waals surface area contributed by atoms with Gasteiger partial charge in [-0.3, -0.25) is 0 Å². The predicted molar refractivity (Wildman–Crippen MR) is 70.5 cm³/mol. The first-order valence-corrected chi connectivity index (χ1v) is 7.32. The zero-order chi connectivity index (χ0) is 13.1. The maximum absolute atomic E-state index is 12.1. The molecule has 0 amide bonds. The van der Waals surface area contributed by atoms with Crippen LogP contribution in [0.15, 0.2) is 10.3 Å². The second-order valence-electron chi connectivity index (χ2n) is 3.67. The van der Waals surface area contributed by atoms with E-state index in [-0.39, 0.29) is 6.54 Å². The SMILES string of the molecule is C#CCN(C)S(=O)(=O)c1cc(C)c(CNC)s1. The summed E-state index contributed by atoms with van der Waals surface area (Å²) < 4.78 is 25.8. The van der Waals surface area contributed by atoms with E-state index in [9.17, 15) is 8.42 Å². The summed E-state index contributed by atoms with van der Waals surface area (Å²) in [5, 5.41) is 3.01. The second-order valence-corrected chi connectivity index (χ2v) is 7.08. The van der Waals surface area contributed by atoms with Gasteiger partial charge in [0.05, 0.1) is 6.54 Å². The van der Waals surface area contributed by atoms with Crippen LogP contribution < -0.4 is 5.32 Å². The lowest BCUT2D eigenvalue weighted by molar-refractivity contribution is 0.505. The number of sulfonamides is 1. The smallest absolute Gasteiger partial charge is 0.253 e. The lowest BCUT2D eigenvalue weighted by Gasteiger charge is -2.12. The standard InChI is InChI=1S/C11H16N2O2S2/c1-5-6-13(4)17(14,15)11-7-9(2)10(16-11)8-12-3/h1,7,12H,6,8H2,2-4H3. The number of nitrogens with one attached hydrogen (secondary N) is 1. The largest absolute Gasteiger partial charge is 0.315 e. The van der Waals surface area contributed by atoms with Crippen LogP contribution in [-0.2, 0) is 16.6 Å². The fraction of sp³-hybridized carbons (Fsp3) is 0.455. The third-order valence-electron chi connectivity index (χ3n) is 2.31. The van der Waals surface area contributed by atoms with Gasteiger partial charge in [0.1, 0.15) is 4.21 Å². The summed E-state index contributed by atoms with van der Waals surface area (Å²) in [7, 11) is -0.120. The van der Waals surface area contributed by atoms with Crippen molar-refractivity contribution >= 4 is 21.4 Å². The molecule has 0 saturated carbocycles. The topological polar surface area (TPSA) is 49.4 Å². The molecule has 1 heterocycles. The molecule has 0 spiro atoms. The van der Waals surface area contributed by atoms with Crippen LogP contribution in [0.3, 0.4) is 0 Å². The van der Waals surface area contributed by atoms with Crippen LogP contribution in [-0.4, -0.2) is 33.4 Å². The molecule has 0 bridgehead atoms. The number of terminal acetylenes is 1. The maximum atomic E-state index is 12.1. The van der Waals surface area contributed by atoms with Crippen LogP contribution in [0, 0.1) is 19.3 Å². The minimum Gasteiger partial charge on any atom is -0.315 e. The van der Waals surface area contributed by atoms with Crippen LogP contribution in [0.25, 0.3) is 0 Å². The molecule has 4 nitrogen and oxygen atoms in total. The molecule has 1 aromatic rings. The van der Waals surface area contributed by atoms with Gasteiger partial charge in [0, 0.05) is 18.5 Å². The quantitative estimate of drug-likeness (QED) is 0.815. The molecule has 0 aromatic carbocycles. The highest BCUT2D eigenvalue weighted by molar-refractivity contribution is 7.91. The highest BCUT2D eigenvalue weighted by Gasteiger charge is 2.23. The Morgan fingerprint density at radius 3 is 2.76 bits per heavy atom. The lowest BCUT2D eigenvalue weighted by Crippen LogP contribution is -2.26. The molecule has 0 unspecified atom stereocenters. The Morgan fingerprint density at radius 1 is 1.59 bits per heavy atom. The third-order valence-corrected chi connectivity index (χ3v) is 5.80. The fourth-order valence-electron chi connectivity index (χ4n) is 1.32. The molecular weight excluding hydrogens is 256 g/mol. The average Bonchev–Trinajstić information content (AvgIpc) is 2.62. The van der Waals surface area contributed by atoms with Crippen LogP contribution in [0.4, 0.5) is 0 Å². The van der Waals surface area contributed by atoms with Gasteiger partial charge in [-0.1, -0.05) is 5.92 Å². The summed E-state index contributed by atoms with van der Waals surface area (Å²) >= 11 is 1.28. The molecular formula is C11H16N2O2S2. The van der Waals surface area contributed by atoms with Gasteiger partial charge in [-0.25, -0.2) is 8.42 Å². The Labute approximate surface area is 107 Å². The Hall–Kier alpha value is -0.870. The van der Waals surface area contributed by atoms with Gasteiger partial charge in [0.2, 0.25) is 0 Å². The molecule has 1 N–H and O–H groups in total. The summed E-state index contributed by atoms with van der Waals surface area (Å²) in [5.41, 5.74) is 0.983. The van der Waals surface area contributed by atoms with Crippen LogP contribution >= 0.6 is 11.3 Å². The van der Waals surface area contributed by atoms with E-state index in [2.05, 4.69) is 11.2 Å². The number of aryl methyl sites for hydroxylation is 1. The molecule has 1 aromatic heterocycles. The fourth-order valence-corrected chi connectivity index (χ4v) is 4.22. The molecule has 0 atom stereocenters. The van der Waals surface area contributed by atoms with E-state index in [1.807, 2.05) is 14.0 Å². The summed E-state index contributed by atoms with van der Waals surface area (Å²) in [5.74, 6) is 2.33. The van der Waals surface area contributed by atoms with Gasteiger partial charge in [-0.05, 0) is 25.6 Å². The van der Waals surface area contributed by atoms with Crippen LogP contribution in [0.5, 0.6) is 0 Å². The second kappa shape index (κ2) is 5.65. The Morgan fingerprint density at radius 2 is 2.24 bits per heavy atom. The zero-order valence-corrected chi connectivity index (χ0v) is 11.8. The van der Waals surface area contributed by atoms with E-state index in [4.69, 9.17) is 6.42 Å². The molecule has 0 aliphatic carbocycles. The summed E-state index contributed by atoms with van der Waals surface area (Å²) in [6.07, 6.45) is 5.12. The normalized spacial score (nSPS) is 11.7. The van der Waals surface area contributed by atoms with Crippen molar-refractivity contribution in [1.29, 1.82) is 0 Å². The number of hydrogen-bond acceptors (Lipinski definition) is 4. The zero-order valence-electron chi connectivity index (χ0n) is 10.1. The summed E-state index contributed by atoms with van der Waals surface area (Å²) in [6.45, 7) is 2.66. The van der Waals surface area contributed by atoms with Gasteiger partial charge in [-0.2, -0.15) is 4.31 Å². The van der Waals surface area contributed by atoms with E-state index < -0.39 is 10.0 Å². The van der Waals surface area contributed by atoms with Crippen molar-refractivity contribution in [2.75, 3.05) is 20.6 Å². The van der Waals surface area contributed by atoms with Gasteiger partial charge < -0.3 is 5.32 Å². The highest BCUT2D eigenvalue weighted by Crippen LogP contribution is 2.27. The number of thiophene rings is 1. The van der Waals surface area contributed by atoms with E-state index >= 15 is 0 Å². The van der Waals surface area contributed by atoms with Gasteiger partial charge >= 0.3 is 0 Å². The number of hydrogen-bond donors (Lipinski definition) is 1. The molecule has 94 valence electrons. The van der Waals surface area contributed by atoms with E-state index in [0.29, 0.717) is 10.8 Å². The van der Waals surface area contributed by atoms with Crippen molar-refractivity contribution in [3.63, 3.8) is 0 Å². The molecule has 0 aliphatic rings. The van der Waals surface area contributed by atoms with E-state index in [1.165, 1.54) is 22.7 Å². The average molecular weight is 272 g/mol. The Kier molecular flexibility index (Phi) is 4.71. The summed E-state index contributed by atoms with van der Waals surface area (Å²) in [6, 6.07) is 1.69. The van der Waals surface area contributed by atoms with Crippen molar-refractivity contribution < 1.29 is 8.42 Å². The first kappa shape index (κ1) is 14.2. The minimum absolute atomic E-state index is 0.0840. The molecule has 0 aliphatic heterocycles. The molecule has 0 saturated heterocycles. The molecule has 0 radical (unpaired) electrons. The van der Waals surface area contributed by atoms with Crippen molar-refractivity contribution in [3.8, 4) is 12.3 Å². The Bertz CT molecular complexity index is 526. The lowest BCUT2D eigenvalue weighted by atomic mass is 10.3. The number of rotatable bonds is 5. The molecule has 0 fully saturated rings. The minimum atomic E-state index is -3.44. The molecule has 17 heavy (non-hydrogen) atoms. The third kappa shape index (κ3) is 3.07. The van der Waals surface area contributed by atoms with Crippen molar-refractivity contribution in [1.82, 2.24) is 9.62 Å². The van der Waals surface area contributed by atoms with Crippen LogP contribution in [0.1, 0.15) is 10.4 Å². The van der Waals surface area contributed by atoms with E-state index in [0.717, 1.165) is 10.4 Å². The van der Waals surface area contributed by atoms with Gasteiger partial charge in [0.15, 0.2) is 0 Å². The number of nitrogens with zero attached hydrogens (tertiary/aromatic N) is 1. The van der Waals surface area contributed by atoms with E-state index in [1.54, 1.807) is 6.07 Å². The Balaban J connectivity index is 3.08. The van der Waals surface area contributed by atoms with Crippen molar-refractivity contribution in [2.45, 2.75) is 17.7 Å². The summed E-state index contributed by atoms with van der Waals surface area (Å²) in [4.78, 5) is 1.03. The first-order valence-electron chi connectivity index (χ1n) is 5.07. The maximum Gasteiger partial charge on any atom is 0.253 e. The van der Waals surface area contributed by atoms with Gasteiger partial charge in [-0.15, -0.1) is 17.8 Å². The monoisotopic (exact) mass is 272 g/mol. The van der Waals surface area contributed by atoms with Crippen molar-refractivity contribution in [3.05, 3.63) is 16.5 Å². The first-order chi connectivity index (χ1) is 7.93. The van der Waals surface area contributed by atoms with Crippen LogP contribution in [0.2, 0.25) is 0 Å². The predicted octanol–water partition coefficient (Wildman–Crippen LogP) is 1.03. The highest BCUT2D eigenvalue weighted by atomic mass is 32.2. The van der Waals surface area contributed by atoms with Crippen molar-refractivity contribution in [2.24, 2.45) is 0 Å². The molecule has 1 rings (SSSR count). The molecule has 6 heteroatoms. The van der Waals surface area contributed by atoms with Gasteiger partial charge in [0.25, 0.3) is 10.0 Å².